The van der Waals surface area contributed by atoms with Crippen molar-refractivity contribution in [3.05, 3.63) is 29.6 Å². The molecule has 0 atom stereocenters. The van der Waals surface area contributed by atoms with Gasteiger partial charge >= 0.3 is 106 Å². The van der Waals surface area contributed by atoms with Gasteiger partial charge in [0.25, 0.3) is 0 Å². The van der Waals surface area contributed by atoms with Gasteiger partial charge in [0, 0.05) is 0 Å². The van der Waals surface area contributed by atoms with Crippen molar-refractivity contribution in [1.29, 1.82) is 0 Å². The van der Waals surface area contributed by atoms with Crippen LogP contribution in [0.4, 0.5) is 4.39 Å². The van der Waals surface area contributed by atoms with Crippen molar-refractivity contribution in [2.75, 3.05) is 13.7 Å². The third kappa shape index (κ3) is 3.72. The molecular weight excluding hydrogens is 408 g/mol. The molecule has 0 fully saturated rings. The zero-order valence-electron chi connectivity index (χ0n) is 9.16. The molecule has 0 bridgehead atoms. The van der Waals surface area contributed by atoms with Gasteiger partial charge in [-0.05, 0) is 0 Å². The van der Waals surface area contributed by atoms with Crippen molar-refractivity contribution >= 4 is 29.5 Å². The third-order valence-electron chi connectivity index (χ3n) is 1.90. The predicted octanol–water partition coefficient (Wildman–Crippen LogP) is 2.16. The van der Waals surface area contributed by atoms with Crippen molar-refractivity contribution in [3.63, 3.8) is 0 Å². The molecule has 5 heteroatoms. The Morgan fingerprint density at radius 2 is 2.25 bits per heavy atom. The van der Waals surface area contributed by atoms with Crippen LogP contribution >= 0.6 is 0 Å². The molecule has 0 spiro atoms. The van der Waals surface area contributed by atoms with Gasteiger partial charge in [0.05, 0.1) is 0 Å². The summed E-state index contributed by atoms with van der Waals surface area (Å²) in [5, 5.41) is 0. The average Bonchev–Trinajstić information content (AvgIpc) is 2.31. The number of hydrogen-bond acceptors (Lipinski definition) is 3. The van der Waals surface area contributed by atoms with Crippen molar-refractivity contribution in [1.82, 2.24) is 0 Å². The first-order chi connectivity index (χ1) is 7.69. The van der Waals surface area contributed by atoms with E-state index in [9.17, 15) is 9.18 Å². The van der Waals surface area contributed by atoms with Crippen molar-refractivity contribution in [2.45, 2.75) is 8.66 Å². The molecule has 0 unspecified atom stereocenters. The summed E-state index contributed by atoms with van der Waals surface area (Å²) in [5.74, 6) is -0.819. The predicted molar refractivity (Wildman–Crippen MR) is 59.7 cm³/mol. The second kappa shape index (κ2) is 6.80. The normalized spacial score (nSPS) is 9.94. The van der Waals surface area contributed by atoms with Gasteiger partial charge in [-0.2, -0.15) is 0 Å². The number of esters is 1. The third-order valence-corrected chi connectivity index (χ3v) is 4.13. The topological polar surface area (TPSA) is 35.5 Å². The monoisotopic (exact) mass is 421 g/mol. The first-order valence-electron chi connectivity index (χ1n) is 4.68. The fourth-order valence-corrected chi connectivity index (χ4v) is 2.07. The van der Waals surface area contributed by atoms with E-state index in [1.807, 2.05) is 0 Å². The van der Waals surface area contributed by atoms with Crippen LogP contribution in [0.25, 0.3) is 0 Å². The fourth-order valence-electron chi connectivity index (χ4n) is 1.09. The quantitative estimate of drug-likeness (QED) is 0.540. The van der Waals surface area contributed by atoms with Gasteiger partial charge in [-0.3, -0.25) is 0 Å². The Kier molecular flexibility index (Phi) is 5.69. The van der Waals surface area contributed by atoms with Crippen LogP contribution < -0.4 is 4.74 Å². The number of benzene rings is 1. The summed E-state index contributed by atoms with van der Waals surface area (Å²) in [5.41, 5.74) is 0.301. The molecule has 0 amide bonds. The molecule has 1 rings (SSSR count). The number of methoxy groups -OCH3 is 1. The van der Waals surface area contributed by atoms with E-state index < -0.39 is 11.8 Å². The molecule has 3 nitrogen and oxygen atoms in total. The van der Waals surface area contributed by atoms with Crippen LogP contribution in [0.1, 0.15) is 10.4 Å². The molecule has 0 aromatic heterocycles. The Hall–Kier alpha value is -0.684. The Morgan fingerprint density at radius 1 is 1.50 bits per heavy atom. The van der Waals surface area contributed by atoms with Crippen molar-refractivity contribution in [3.8, 4) is 5.75 Å². The van der Waals surface area contributed by atoms with Gasteiger partial charge in [-0.1, -0.05) is 0 Å². The molecular formula is C11H13FO3Po. The van der Waals surface area contributed by atoms with E-state index in [2.05, 4.69) is 9.32 Å². The van der Waals surface area contributed by atoms with Gasteiger partial charge in [0.15, 0.2) is 0 Å². The van der Waals surface area contributed by atoms with E-state index in [0.717, 1.165) is 4.08 Å². The molecule has 0 saturated carbocycles. The van der Waals surface area contributed by atoms with E-state index in [1.54, 1.807) is 0 Å². The van der Waals surface area contributed by atoms with Gasteiger partial charge in [0.2, 0.25) is 0 Å². The van der Waals surface area contributed by atoms with Crippen molar-refractivity contribution in [2.24, 2.45) is 0 Å². The molecule has 1 aromatic rings. The van der Waals surface area contributed by atoms with Crippen LogP contribution in [0.5, 0.6) is 5.75 Å². The molecule has 0 aliphatic carbocycles. The van der Waals surface area contributed by atoms with E-state index in [4.69, 9.17) is 4.74 Å². The molecule has 0 aliphatic heterocycles. The zero-order chi connectivity index (χ0) is 12.0. The SMILES string of the molecule is COC(=O)c1ccc(F)c(OC[CH2][Po][CH3])c1. The molecule has 0 aliphatic rings. The van der Waals surface area contributed by atoms with E-state index >= 15 is 0 Å². The second-order valence-electron chi connectivity index (χ2n) is 2.98. The van der Waals surface area contributed by atoms with Crippen LogP contribution in [-0.4, -0.2) is 43.3 Å². The minimum atomic E-state index is -0.489. The number of hydrogen-bond donors (Lipinski definition) is 0. The second-order valence-corrected chi connectivity index (χ2v) is 6.81. The molecule has 88 valence electrons. The molecule has 16 heavy (non-hydrogen) atoms. The zero-order valence-corrected chi connectivity index (χ0v) is 12.3. The first-order valence-corrected chi connectivity index (χ1v) is 10.1. The molecule has 0 N–H and O–H groups in total. The van der Waals surface area contributed by atoms with Gasteiger partial charge in [-0.15, -0.1) is 0 Å². The van der Waals surface area contributed by atoms with E-state index in [1.165, 1.54) is 25.3 Å². The van der Waals surface area contributed by atoms with Gasteiger partial charge in [0.1, 0.15) is 0 Å². The molecule has 0 radical (unpaired) electrons. The first kappa shape index (κ1) is 13.4. The summed E-state index contributed by atoms with van der Waals surface area (Å²) >= 11 is -0.294. The average molecular weight is 421 g/mol. The maximum absolute atomic E-state index is 13.3. The van der Waals surface area contributed by atoms with Crippen LogP contribution in [0.15, 0.2) is 18.2 Å². The fraction of sp³-hybridized carbons (Fsp3) is 0.364. The standard InChI is InChI=1S/C10H10FO3.CH3.Po/c1-3-14-9-6-7(10(12)13-2)4-5-8(9)11;;/h4-6H,1,3H2,2H3;1H3;. The molecule has 0 heterocycles. The Morgan fingerprint density at radius 3 is 2.88 bits per heavy atom. The van der Waals surface area contributed by atoms with E-state index in [0.29, 0.717) is 12.2 Å². The van der Waals surface area contributed by atoms with Gasteiger partial charge in [-0.25, -0.2) is 0 Å². The Bertz CT molecular complexity index is 368. The molecule has 1 aromatic carbocycles. The van der Waals surface area contributed by atoms with E-state index in [-0.39, 0.29) is 29.3 Å². The summed E-state index contributed by atoms with van der Waals surface area (Å²) in [4.78, 5) is 11.2. The number of ether oxygens (including phenoxy) is 2. The number of rotatable bonds is 5. The number of halogens is 1. The summed E-state index contributed by atoms with van der Waals surface area (Å²) in [6, 6.07) is 3.97. The van der Waals surface area contributed by atoms with Crippen LogP contribution in [-0.2, 0) is 4.74 Å². The molecule has 0 saturated heterocycles. The van der Waals surface area contributed by atoms with Crippen LogP contribution in [0, 0.1) is 5.82 Å². The number of carbonyl (C=O) groups excluding carboxylic acids is 1. The Labute approximate surface area is 106 Å². The summed E-state index contributed by atoms with van der Waals surface area (Å²) in [6.45, 7) is 0.517. The minimum absolute atomic E-state index is 0.121. The van der Waals surface area contributed by atoms with Crippen molar-refractivity contribution < 1.29 is 18.7 Å². The number of carbonyl (C=O) groups is 1. The van der Waals surface area contributed by atoms with Crippen LogP contribution in [0.3, 0.4) is 0 Å². The summed E-state index contributed by atoms with van der Waals surface area (Å²) in [6.07, 6.45) is 0. The summed E-state index contributed by atoms with van der Waals surface area (Å²) in [7, 11) is 1.29. The summed E-state index contributed by atoms with van der Waals surface area (Å²) < 4.78 is 26.3. The maximum atomic E-state index is 13.3. The Balaban J connectivity index is 2.78. The van der Waals surface area contributed by atoms with Crippen LogP contribution in [0.2, 0.25) is 8.66 Å². The van der Waals surface area contributed by atoms with Gasteiger partial charge < -0.3 is 0 Å².